The number of halogens is 1. The molecule has 0 saturated heterocycles. The van der Waals surface area contributed by atoms with Crippen molar-refractivity contribution in [3.63, 3.8) is 0 Å². The third kappa shape index (κ3) is 3.64. The molecule has 0 saturated carbocycles. The van der Waals surface area contributed by atoms with Crippen LogP contribution in [0, 0.1) is 13.8 Å². The highest BCUT2D eigenvalue weighted by atomic mass is 35.5. The normalized spacial score (nSPS) is 10.7. The Hall–Kier alpha value is -1.81. The van der Waals surface area contributed by atoms with Crippen molar-refractivity contribution < 1.29 is 4.79 Å². The first kappa shape index (κ1) is 15.6. The molecule has 1 aromatic heterocycles. The van der Waals surface area contributed by atoms with E-state index in [0.29, 0.717) is 13.0 Å². The van der Waals surface area contributed by atoms with Gasteiger partial charge in [-0.1, -0.05) is 36.7 Å². The zero-order valence-electron chi connectivity index (χ0n) is 12.6. The monoisotopic (exact) mass is 305 g/mol. The van der Waals surface area contributed by atoms with Crippen LogP contribution in [0.3, 0.4) is 0 Å². The van der Waals surface area contributed by atoms with Crippen LogP contribution < -0.4 is 5.32 Å². The Morgan fingerprint density at radius 1 is 1.33 bits per heavy atom. The van der Waals surface area contributed by atoms with Gasteiger partial charge in [0.2, 0.25) is 5.91 Å². The second kappa shape index (κ2) is 6.76. The molecule has 0 aliphatic rings. The van der Waals surface area contributed by atoms with Gasteiger partial charge in [-0.2, -0.15) is 5.10 Å². The van der Waals surface area contributed by atoms with Crippen LogP contribution in [0.15, 0.2) is 24.3 Å². The van der Waals surface area contributed by atoms with E-state index in [9.17, 15) is 4.79 Å². The van der Waals surface area contributed by atoms with Gasteiger partial charge in [0.25, 0.3) is 0 Å². The van der Waals surface area contributed by atoms with Gasteiger partial charge in [0, 0.05) is 11.4 Å². The summed E-state index contributed by atoms with van der Waals surface area (Å²) >= 11 is 6.19. The van der Waals surface area contributed by atoms with Crippen molar-refractivity contribution in [1.29, 1.82) is 0 Å². The van der Waals surface area contributed by atoms with E-state index >= 15 is 0 Å². The molecule has 0 fully saturated rings. The third-order valence-corrected chi connectivity index (χ3v) is 3.77. The van der Waals surface area contributed by atoms with Crippen molar-refractivity contribution >= 4 is 23.2 Å². The lowest BCUT2D eigenvalue weighted by molar-refractivity contribution is -0.116. The lowest BCUT2D eigenvalue weighted by Crippen LogP contribution is -2.12. The molecule has 0 spiro atoms. The fourth-order valence-electron chi connectivity index (χ4n) is 2.25. The van der Waals surface area contributed by atoms with Crippen LogP contribution in [0.5, 0.6) is 0 Å². The Balaban J connectivity index is 2.23. The van der Waals surface area contributed by atoms with Crippen LogP contribution in [0.1, 0.15) is 36.7 Å². The zero-order valence-corrected chi connectivity index (χ0v) is 13.4. The van der Waals surface area contributed by atoms with Crippen LogP contribution in [-0.4, -0.2) is 15.7 Å². The van der Waals surface area contributed by atoms with Crippen LogP contribution in [0.2, 0.25) is 5.02 Å². The van der Waals surface area contributed by atoms with Crippen molar-refractivity contribution in [2.45, 2.75) is 40.2 Å². The lowest BCUT2D eigenvalue weighted by Gasteiger charge is -2.08. The van der Waals surface area contributed by atoms with E-state index in [1.165, 1.54) is 0 Å². The second-order valence-corrected chi connectivity index (χ2v) is 5.50. The van der Waals surface area contributed by atoms with Crippen LogP contribution in [0.25, 0.3) is 0 Å². The Labute approximate surface area is 130 Å². The molecule has 2 aromatic rings. The van der Waals surface area contributed by atoms with E-state index in [4.69, 9.17) is 11.6 Å². The van der Waals surface area contributed by atoms with Gasteiger partial charge in [0.05, 0.1) is 23.6 Å². The number of hydrogen-bond donors (Lipinski definition) is 1. The van der Waals surface area contributed by atoms with Crippen LogP contribution in [-0.2, 0) is 11.3 Å². The van der Waals surface area contributed by atoms with Gasteiger partial charge in [-0.3, -0.25) is 9.48 Å². The maximum absolute atomic E-state index is 11.8. The summed E-state index contributed by atoms with van der Waals surface area (Å²) in [6, 6.07) is 7.71. The number of nitrogens with one attached hydrogen (secondary N) is 1. The Kier molecular flexibility index (Phi) is 5.02. The van der Waals surface area contributed by atoms with Crippen molar-refractivity contribution in [2.24, 2.45) is 0 Å². The molecule has 21 heavy (non-hydrogen) atoms. The minimum Gasteiger partial charge on any atom is -0.323 e. The SMILES string of the molecule is CCCC(=O)Nc1c(C)nn(Cc2ccccc2Cl)c1C. The van der Waals surface area contributed by atoms with Gasteiger partial charge in [0.1, 0.15) is 0 Å². The molecule has 5 heteroatoms. The third-order valence-electron chi connectivity index (χ3n) is 3.40. The van der Waals surface area contributed by atoms with E-state index < -0.39 is 0 Å². The molecule has 1 heterocycles. The number of carbonyl (C=O) groups excluding carboxylic acids is 1. The first-order chi connectivity index (χ1) is 10.0. The standard InChI is InChI=1S/C16H20ClN3O/c1-4-7-15(21)18-16-11(2)19-20(12(16)3)10-13-8-5-6-9-14(13)17/h5-6,8-9H,4,7,10H2,1-3H3,(H,18,21). The van der Waals surface area contributed by atoms with Crippen molar-refractivity contribution in [3.8, 4) is 0 Å². The summed E-state index contributed by atoms with van der Waals surface area (Å²) in [5.74, 6) is 0.0287. The van der Waals surface area contributed by atoms with E-state index in [2.05, 4.69) is 10.4 Å². The highest BCUT2D eigenvalue weighted by Crippen LogP contribution is 2.22. The first-order valence-electron chi connectivity index (χ1n) is 7.10. The maximum Gasteiger partial charge on any atom is 0.224 e. The fourth-order valence-corrected chi connectivity index (χ4v) is 2.44. The van der Waals surface area contributed by atoms with Gasteiger partial charge >= 0.3 is 0 Å². The van der Waals surface area contributed by atoms with Gasteiger partial charge < -0.3 is 5.32 Å². The summed E-state index contributed by atoms with van der Waals surface area (Å²) in [7, 11) is 0. The predicted octanol–water partition coefficient (Wildman–Crippen LogP) is 3.94. The zero-order chi connectivity index (χ0) is 15.4. The lowest BCUT2D eigenvalue weighted by atomic mass is 10.2. The average Bonchev–Trinajstić information content (AvgIpc) is 2.69. The van der Waals surface area contributed by atoms with Crippen molar-refractivity contribution in [2.75, 3.05) is 5.32 Å². The first-order valence-corrected chi connectivity index (χ1v) is 7.48. The molecular weight excluding hydrogens is 286 g/mol. The molecule has 0 radical (unpaired) electrons. The highest BCUT2D eigenvalue weighted by molar-refractivity contribution is 6.31. The van der Waals surface area contributed by atoms with Crippen LogP contribution in [0.4, 0.5) is 5.69 Å². The molecule has 0 aliphatic carbocycles. The fraction of sp³-hybridized carbons (Fsp3) is 0.375. The van der Waals surface area contributed by atoms with Gasteiger partial charge in [-0.25, -0.2) is 0 Å². The smallest absolute Gasteiger partial charge is 0.224 e. The molecule has 0 aliphatic heterocycles. The van der Waals surface area contributed by atoms with E-state index in [1.807, 2.05) is 49.7 Å². The summed E-state index contributed by atoms with van der Waals surface area (Å²) < 4.78 is 1.87. The largest absolute Gasteiger partial charge is 0.323 e. The number of benzene rings is 1. The van der Waals surface area contributed by atoms with Gasteiger partial charge in [-0.15, -0.1) is 0 Å². The molecular formula is C16H20ClN3O. The Morgan fingerprint density at radius 3 is 2.71 bits per heavy atom. The molecule has 1 N–H and O–H groups in total. The topological polar surface area (TPSA) is 46.9 Å². The molecule has 0 bridgehead atoms. The molecule has 112 valence electrons. The van der Waals surface area contributed by atoms with Crippen molar-refractivity contribution in [1.82, 2.24) is 9.78 Å². The van der Waals surface area contributed by atoms with E-state index in [-0.39, 0.29) is 5.91 Å². The molecule has 0 unspecified atom stereocenters. The average molecular weight is 306 g/mol. The summed E-state index contributed by atoms with van der Waals surface area (Å²) in [4.78, 5) is 11.8. The number of rotatable bonds is 5. The minimum absolute atomic E-state index is 0.0287. The summed E-state index contributed by atoms with van der Waals surface area (Å²) in [5.41, 5.74) is 3.58. The van der Waals surface area contributed by atoms with Gasteiger partial charge in [-0.05, 0) is 31.9 Å². The Morgan fingerprint density at radius 2 is 2.05 bits per heavy atom. The number of amides is 1. The summed E-state index contributed by atoms with van der Waals surface area (Å²) in [6.45, 7) is 6.44. The molecule has 4 nitrogen and oxygen atoms in total. The number of nitrogens with zero attached hydrogens (tertiary/aromatic N) is 2. The van der Waals surface area contributed by atoms with Crippen LogP contribution >= 0.6 is 11.6 Å². The number of aryl methyl sites for hydroxylation is 1. The number of aromatic nitrogens is 2. The number of anilines is 1. The second-order valence-electron chi connectivity index (χ2n) is 5.09. The summed E-state index contributed by atoms with van der Waals surface area (Å²) in [5, 5.41) is 8.17. The molecule has 1 aromatic carbocycles. The van der Waals surface area contributed by atoms with E-state index in [1.54, 1.807) is 0 Å². The quantitative estimate of drug-likeness (QED) is 0.909. The molecule has 0 atom stereocenters. The Bertz CT molecular complexity index is 649. The van der Waals surface area contributed by atoms with Gasteiger partial charge in [0.15, 0.2) is 0 Å². The van der Waals surface area contributed by atoms with E-state index in [0.717, 1.165) is 34.1 Å². The predicted molar refractivity (Wildman–Crippen MR) is 85.8 cm³/mol. The van der Waals surface area contributed by atoms with Crippen molar-refractivity contribution in [3.05, 3.63) is 46.2 Å². The maximum atomic E-state index is 11.8. The molecule has 2 rings (SSSR count). The highest BCUT2D eigenvalue weighted by Gasteiger charge is 2.14. The number of hydrogen-bond acceptors (Lipinski definition) is 2. The summed E-state index contributed by atoms with van der Waals surface area (Å²) in [6.07, 6.45) is 1.35. The minimum atomic E-state index is 0.0287. The number of carbonyl (C=O) groups is 1. The molecule has 1 amide bonds.